The lowest BCUT2D eigenvalue weighted by atomic mass is 10.1. The molecule has 8 heteroatoms. The first-order valence-corrected chi connectivity index (χ1v) is 10.8. The summed E-state index contributed by atoms with van der Waals surface area (Å²) in [6, 6.07) is 13.0. The van der Waals surface area contributed by atoms with E-state index in [-0.39, 0.29) is 17.2 Å². The molecule has 0 radical (unpaired) electrons. The van der Waals surface area contributed by atoms with Crippen LogP contribution in [0.25, 0.3) is 0 Å². The third kappa shape index (κ3) is 5.21. The lowest BCUT2D eigenvalue weighted by Gasteiger charge is -2.27. The molecule has 0 atom stereocenters. The van der Waals surface area contributed by atoms with E-state index in [1.807, 2.05) is 12.1 Å². The van der Waals surface area contributed by atoms with Crippen LogP contribution in [0, 0.1) is 10.1 Å². The van der Waals surface area contributed by atoms with Crippen LogP contribution in [0.1, 0.15) is 34.3 Å². The highest BCUT2D eigenvalue weighted by Gasteiger charge is 2.27. The van der Waals surface area contributed by atoms with Gasteiger partial charge in [0.2, 0.25) is 0 Å². The van der Waals surface area contributed by atoms with Crippen molar-refractivity contribution in [2.45, 2.75) is 25.9 Å². The molecule has 31 heavy (non-hydrogen) atoms. The molecule has 0 saturated carbocycles. The number of amides is 1. The highest BCUT2D eigenvalue weighted by atomic mass is 16.6. The Kier molecular flexibility index (Phi) is 6.79. The summed E-state index contributed by atoms with van der Waals surface area (Å²) in [6.07, 6.45) is 1.88. The van der Waals surface area contributed by atoms with Crippen molar-refractivity contribution >= 4 is 17.3 Å². The summed E-state index contributed by atoms with van der Waals surface area (Å²) in [5, 5.41) is 14.8. The van der Waals surface area contributed by atoms with Crippen LogP contribution < -0.4 is 5.32 Å². The fourth-order valence-electron chi connectivity index (χ4n) is 4.15. The van der Waals surface area contributed by atoms with Gasteiger partial charge in [-0.2, -0.15) is 0 Å². The number of rotatable bonds is 7. The topological polar surface area (TPSA) is 88.0 Å². The van der Waals surface area contributed by atoms with Gasteiger partial charge in [0.05, 0.1) is 18.1 Å². The molecule has 0 aromatic heterocycles. The van der Waals surface area contributed by atoms with Crippen LogP contribution in [-0.2, 0) is 17.8 Å². The van der Waals surface area contributed by atoms with Gasteiger partial charge in [0.15, 0.2) is 0 Å². The molecule has 2 aliphatic heterocycles. The lowest BCUT2D eigenvalue weighted by Crippen LogP contribution is -2.35. The van der Waals surface area contributed by atoms with Crippen molar-refractivity contribution in [1.29, 1.82) is 0 Å². The van der Waals surface area contributed by atoms with Gasteiger partial charge in [-0.3, -0.25) is 19.8 Å². The number of carbonyl (C=O) groups excluding carboxylic acids is 1. The first-order chi connectivity index (χ1) is 15.1. The maximum Gasteiger partial charge on any atom is 0.282 e. The fourth-order valence-corrected chi connectivity index (χ4v) is 4.15. The van der Waals surface area contributed by atoms with E-state index in [2.05, 4.69) is 22.3 Å². The SMILES string of the molecule is O=C(c1cc(NCc2ccccc2CN2CCOCC2)ccc1[N+](=O)[O-])N1CCCC1. The van der Waals surface area contributed by atoms with E-state index in [9.17, 15) is 14.9 Å². The molecular formula is C23H28N4O4. The number of nitro groups is 1. The van der Waals surface area contributed by atoms with Crippen molar-refractivity contribution in [3.8, 4) is 0 Å². The van der Waals surface area contributed by atoms with Crippen LogP contribution in [-0.4, -0.2) is 60.0 Å². The molecule has 2 aromatic rings. The summed E-state index contributed by atoms with van der Waals surface area (Å²) in [5.74, 6) is -0.263. The Balaban J connectivity index is 1.49. The smallest absolute Gasteiger partial charge is 0.282 e. The Labute approximate surface area is 181 Å². The molecule has 4 rings (SSSR count). The summed E-state index contributed by atoms with van der Waals surface area (Å²) in [5.41, 5.74) is 3.12. The molecule has 2 aliphatic rings. The Morgan fingerprint density at radius 1 is 1.03 bits per heavy atom. The van der Waals surface area contributed by atoms with Crippen molar-refractivity contribution in [2.75, 3.05) is 44.7 Å². The number of nitro benzene ring substituents is 1. The highest BCUT2D eigenvalue weighted by molar-refractivity contribution is 5.99. The van der Waals surface area contributed by atoms with E-state index in [0.717, 1.165) is 45.7 Å². The zero-order valence-electron chi connectivity index (χ0n) is 17.6. The summed E-state index contributed by atoms with van der Waals surface area (Å²) >= 11 is 0. The van der Waals surface area contributed by atoms with E-state index >= 15 is 0 Å². The van der Waals surface area contributed by atoms with Gasteiger partial charge in [-0.1, -0.05) is 24.3 Å². The van der Waals surface area contributed by atoms with Gasteiger partial charge in [0.1, 0.15) is 5.56 Å². The second kappa shape index (κ2) is 9.89. The van der Waals surface area contributed by atoms with Gasteiger partial charge in [-0.15, -0.1) is 0 Å². The average molecular weight is 425 g/mol. The van der Waals surface area contributed by atoms with Crippen LogP contribution >= 0.6 is 0 Å². The number of morpholine rings is 1. The first-order valence-electron chi connectivity index (χ1n) is 10.8. The zero-order chi connectivity index (χ0) is 21.6. The molecule has 2 heterocycles. The molecule has 2 fully saturated rings. The maximum absolute atomic E-state index is 12.9. The van der Waals surface area contributed by atoms with Crippen molar-refractivity contribution in [3.63, 3.8) is 0 Å². The molecule has 0 aliphatic carbocycles. The van der Waals surface area contributed by atoms with Gasteiger partial charge in [-0.25, -0.2) is 0 Å². The van der Waals surface area contributed by atoms with Crippen LogP contribution in [0.2, 0.25) is 0 Å². The molecule has 1 N–H and O–H groups in total. The van der Waals surface area contributed by atoms with Crippen LogP contribution in [0.3, 0.4) is 0 Å². The number of ether oxygens (including phenoxy) is 1. The second-order valence-electron chi connectivity index (χ2n) is 8.00. The summed E-state index contributed by atoms with van der Waals surface area (Å²) in [4.78, 5) is 27.9. The molecule has 8 nitrogen and oxygen atoms in total. The van der Waals surface area contributed by atoms with Crippen molar-refractivity contribution in [2.24, 2.45) is 0 Å². The predicted molar refractivity (Wildman–Crippen MR) is 118 cm³/mol. The van der Waals surface area contributed by atoms with Crippen LogP contribution in [0.5, 0.6) is 0 Å². The molecule has 0 bridgehead atoms. The van der Waals surface area contributed by atoms with Crippen LogP contribution in [0.4, 0.5) is 11.4 Å². The standard InChI is InChI=1S/C23H28N4O4/c28-23(26-9-3-4-10-26)21-15-20(7-8-22(21)27(29)30)24-16-18-5-1-2-6-19(18)17-25-11-13-31-14-12-25/h1-2,5-8,15,24H,3-4,9-14,16-17H2. The maximum atomic E-state index is 12.9. The first kappa shape index (κ1) is 21.3. The number of benzene rings is 2. The lowest BCUT2D eigenvalue weighted by molar-refractivity contribution is -0.385. The highest BCUT2D eigenvalue weighted by Crippen LogP contribution is 2.26. The molecule has 164 valence electrons. The normalized spacial score (nSPS) is 17.0. The monoisotopic (exact) mass is 424 g/mol. The summed E-state index contributed by atoms with van der Waals surface area (Å²) < 4.78 is 5.43. The minimum Gasteiger partial charge on any atom is -0.381 e. The van der Waals surface area contributed by atoms with Gasteiger partial charge >= 0.3 is 0 Å². The van der Waals surface area contributed by atoms with E-state index in [0.29, 0.717) is 25.3 Å². The number of carbonyl (C=O) groups is 1. The number of anilines is 1. The number of hydrogen-bond donors (Lipinski definition) is 1. The second-order valence-corrected chi connectivity index (χ2v) is 8.00. The molecule has 2 saturated heterocycles. The van der Waals surface area contributed by atoms with E-state index in [1.54, 1.807) is 17.0 Å². The van der Waals surface area contributed by atoms with Gasteiger partial charge in [0, 0.05) is 51.0 Å². The minimum atomic E-state index is -0.481. The van der Waals surface area contributed by atoms with Crippen molar-refractivity contribution < 1.29 is 14.5 Å². The van der Waals surface area contributed by atoms with E-state index in [1.165, 1.54) is 17.2 Å². The Bertz CT molecular complexity index is 937. The Morgan fingerprint density at radius 2 is 1.74 bits per heavy atom. The van der Waals surface area contributed by atoms with Gasteiger partial charge in [-0.05, 0) is 36.1 Å². The third-order valence-electron chi connectivity index (χ3n) is 5.92. The number of nitrogens with zero attached hydrogens (tertiary/aromatic N) is 3. The van der Waals surface area contributed by atoms with Gasteiger partial charge < -0.3 is 15.0 Å². The number of likely N-dealkylation sites (tertiary alicyclic amines) is 1. The largest absolute Gasteiger partial charge is 0.381 e. The molecule has 2 aromatic carbocycles. The minimum absolute atomic E-state index is 0.143. The average Bonchev–Trinajstić information content (AvgIpc) is 3.33. The fraction of sp³-hybridized carbons (Fsp3) is 0.435. The van der Waals surface area contributed by atoms with Crippen LogP contribution in [0.15, 0.2) is 42.5 Å². The molecule has 1 amide bonds. The summed E-state index contributed by atoms with van der Waals surface area (Å²) in [7, 11) is 0. The number of hydrogen-bond acceptors (Lipinski definition) is 6. The Hall–Kier alpha value is -2.97. The van der Waals surface area contributed by atoms with Gasteiger partial charge in [0.25, 0.3) is 11.6 Å². The quantitative estimate of drug-likeness (QED) is 0.542. The number of nitrogens with one attached hydrogen (secondary N) is 1. The molecular weight excluding hydrogens is 396 g/mol. The van der Waals surface area contributed by atoms with Crippen molar-refractivity contribution in [3.05, 3.63) is 69.3 Å². The zero-order valence-corrected chi connectivity index (χ0v) is 17.6. The predicted octanol–water partition coefficient (Wildman–Crippen LogP) is 3.28. The Morgan fingerprint density at radius 3 is 2.45 bits per heavy atom. The summed E-state index contributed by atoms with van der Waals surface area (Å²) in [6.45, 7) is 6.12. The molecule has 0 unspecified atom stereocenters. The molecule has 0 spiro atoms. The van der Waals surface area contributed by atoms with E-state index < -0.39 is 4.92 Å². The van der Waals surface area contributed by atoms with Crippen molar-refractivity contribution in [1.82, 2.24) is 9.80 Å². The third-order valence-corrected chi connectivity index (χ3v) is 5.92. The van der Waals surface area contributed by atoms with E-state index in [4.69, 9.17) is 4.74 Å².